The Balaban J connectivity index is 3.09. The third-order valence-electron chi connectivity index (χ3n) is 2.64. The Morgan fingerprint density at radius 1 is 1.00 bits per heavy atom. The molecule has 0 saturated carbocycles. The van der Waals surface area contributed by atoms with Crippen LogP contribution in [0.4, 0.5) is 0 Å². The van der Waals surface area contributed by atoms with Crippen LogP contribution in [-0.4, -0.2) is 12.6 Å². The molecule has 0 N–H and O–H groups in total. The van der Waals surface area contributed by atoms with Gasteiger partial charge in [0, 0.05) is 6.42 Å². The minimum atomic E-state index is -0.0220. The highest BCUT2D eigenvalue weighted by molar-refractivity contribution is 5.69. The highest BCUT2D eigenvalue weighted by Gasteiger charge is 2.01. The summed E-state index contributed by atoms with van der Waals surface area (Å²) < 4.78 is 5.14. The van der Waals surface area contributed by atoms with Crippen molar-refractivity contribution in [1.82, 2.24) is 0 Å². The lowest BCUT2D eigenvalue weighted by Crippen LogP contribution is -2.05. The van der Waals surface area contributed by atoms with E-state index in [4.69, 9.17) is 4.74 Å². The van der Waals surface area contributed by atoms with Gasteiger partial charge in [-0.1, -0.05) is 58.8 Å². The second-order valence-corrected chi connectivity index (χ2v) is 4.30. The molecule has 0 aromatic rings. The maximum absolute atomic E-state index is 11.2. The highest BCUT2D eigenvalue weighted by Crippen LogP contribution is 2.06. The topological polar surface area (TPSA) is 26.3 Å². The molecule has 0 aliphatic rings. The average Bonchev–Trinajstić information content (AvgIpc) is 2.28. The largest absolute Gasteiger partial charge is 0.466 e. The molecule has 2 heteroatoms. The first-order valence-electron chi connectivity index (χ1n) is 6.76. The van der Waals surface area contributed by atoms with Crippen molar-refractivity contribution < 1.29 is 9.53 Å². The van der Waals surface area contributed by atoms with E-state index in [1.807, 2.05) is 0 Å². The molecule has 0 aliphatic heterocycles. The quantitative estimate of drug-likeness (QED) is 0.389. The van der Waals surface area contributed by atoms with Crippen LogP contribution in [0.3, 0.4) is 0 Å². The summed E-state index contributed by atoms with van der Waals surface area (Å²) in [5, 5.41) is 0. The first-order valence-corrected chi connectivity index (χ1v) is 6.76. The zero-order chi connectivity index (χ0) is 12.1. The van der Waals surface area contributed by atoms with Crippen molar-refractivity contribution >= 4 is 5.97 Å². The molecule has 0 bridgehead atoms. The molecule has 95 valence electrons. The second kappa shape index (κ2) is 12.5. The van der Waals surface area contributed by atoms with Crippen LogP contribution in [0, 0.1) is 6.92 Å². The summed E-state index contributed by atoms with van der Waals surface area (Å²) >= 11 is 0. The lowest BCUT2D eigenvalue weighted by molar-refractivity contribution is -0.143. The van der Waals surface area contributed by atoms with Gasteiger partial charge in [0.2, 0.25) is 0 Å². The molecule has 0 spiro atoms. The van der Waals surface area contributed by atoms with Gasteiger partial charge in [0.15, 0.2) is 0 Å². The van der Waals surface area contributed by atoms with Crippen molar-refractivity contribution in [3.63, 3.8) is 0 Å². The Morgan fingerprint density at radius 2 is 1.69 bits per heavy atom. The number of esters is 1. The zero-order valence-corrected chi connectivity index (χ0v) is 10.8. The van der Waals surface area contributed by atoms with Crippen LogP contribution >= 0.6 is 0 Å². The van der Waals surface area contributed by atoms with Gasteiger partial charge in [-0.2, -0.15) is 0 Å². The molecule has 0 amide bonds. The van der Waals surface area contributed by atoms with Gasteiger partial charge in [0.1, 0.15) is 0 Å². The number of carbonyl (C=O) groups excluding carboxylic acids is 1. The Morgan fingerprint density at radius 3 is 2.38 bits per heavy atom. The van der Waals surface area contributed by atoms with Gasteiger partial charge < -0.3 is 4.74 Å². The fraction of sp³-hybridized carbons (Fsp3) is 0.857. The minimum absolute atomic E-state index is 0.0220. The Kier molecular flexibility index (Phi) is 12.1. The molecule has 0 aromatic carbocycles. The standard InChI is InChI=1S/C14H27O2/c1-3-5-7-8-9-11-13-16-14(15)12-10-6-4-2/h1,3-13H2,2H3. The minimum Gasteiger partial charge on any atom is -0.466 e. The van der Waals surface area contributed by atoms with E-state index in [2.05, 4.69) is 13.8 Å². The number of hydrogen-bond donors (Lipinski definition) is 0. The molecule has 0 fully saturated rings. The maximum atomic E-state index is 11.2. The molecular formula is C14H27O2. The summed E-state index contributed by atoms with van der Waals surface area (Å²) in [7, 11) is 0. The monoisotopic (exact) mass is 227 g/mol. The van der Waals surface area contributed by atoms with Gasteiger partial charge in [-0.3, -0.25) is 4.79 Å². The number of ether oxygens (including phenoxy) is 1. The number of unbranched alkanes of at least 4 members (excludes halogenated alkanes) is 7. The number of hydrogen-bond acceptors (Lipinski definition) is 2. The summed E-state index contributed by atoms with van der Waals surface area (Å²) in [6.45, 7) is 6.55. The van der Waals surface area contributed by atoms with Gasteiger partial charge in [-0.25, -0.2) is 0 Å². The Labute approximate surface area is 101 Å². The molecule has 0 aromatic heterocycles. The average molecular weight is 227 g/mol. The molecular weight excluding hydrogens is 200 g/mol. The van der Waals surface area contributed by atoms with E-state index in [1.165, 1.54) is 25.7 Å². The van der Waals surface area contributed by atoms with Crippen molar-refractivity contribution in [2.24, 2.45) is 0 Å². The lowest BCUT2D eigenvalue weighted by Gasteiger charge is -2.04. The third kappa shape index (κ3) is 11.5. The lowest BCUT2D eigenvalue weighted by atomic mass is 10.1. The summed E-state index contributed by atoms with van der Waals surface area (Å²) in [5.74, 6) is -0.0220. The van der Waals surface area contributed by atoms with Gasteiger partial charge in [0.05, 0.1) is 6.61 Å². The number of rotatable bonds is 11. The van der Waals surface area contributed by atoms with E-state index in [1.54, 1.807) is 0 Å². The molecule has 0 aliphatic carbocycles. The van der Waals surface area contributed by atoms with Gasteiger partial charge in [0.25, 0.3) is 0 Å². The van der Waals surface area contributed by atoms with Crippen molar-refractivity contribution in [3.8, 4) is 0 Å². The SMILES string of the molecule is [CH2]CCCCCCCOC(=O)CCCCC. The Bertz CT molecular complexity index is 155. The van der Waals surface area contributed by atoms with Crippen LogP contribution < -0.4 is 0 Å². The van der Waals surface area contributed by atoms with Crippen LogP contribution in [0.15, 0.2) is 0 Å². The molecule has 0 heterocycles. The van der Waals surface area contributed by atoms with E-state index in [0.717, 1.165) is 32.1 Å². The normalized spacial score (nSPS) is 10.4. The molecule has 1 radical (unpaired) electrons. The molecule has 0 saturated heterocycles. The smallest absolute Gasteiger partial charge is 0.305 e. The van der Waals surface area contributed by atoms with E-state index in [0.29, 0.717) is 13.0 Å². The summed E-state index contributed by atoms with van der Waals surface area (Å²) in [5.41, 5.74) is 0. The van der Waals surface area contributed by atoms with E-state index in [-0.39, 0.29) is 5.97 Å². The van der Waals surface area contributed by atoms with Crippen LogP contribution in [0.1, 0.15) is 71.1 Å². The van der Waals surface area contributed by atoms with Crippen LogP contribution in [0.2, 0.25) is 0 Å². The summed E-state index contributed by atoms with van der Waals surface area (Å²) in [4.78, 5) is 11.2. The molecule has 0 unspecified atom stereocenters. The first-order chi connectivity index (χ1) is 7.81. The van der Waals surface area contributed by atoms with Crippen molar-refractivity contribution in [1.29, 1.82) is 0 Å². The molecule has 16 heavy (non-hydrogen) atoms. The fourth-order valence-corrected chi connectivity index (χ4v) is 1.59. The first kappa shape index (κ1) is 15.5. The maximum Gasteiger partial charge on any atom is 0.305 e. The zero-order valence-electron chi connectivity index (χ0n) is 10.8. The van der Waals surface area contributed by atoms with Crippen LogP contribution in [0.5, 0.6) is 0 Å². The highest BCUT2D eigenvalue weighted by atomic mass is 16.5. The molecule has 0 atom stereocenters. The van der Waals surface area contributed by atoms with E-state index >= 15 is 0 Å². The van der Waals surface area contributed by atoms with E-state index in [9.17, 15) is 4.79 Å². The second-order valence-electron chi connectivity index (χ2n) is 4.30. The van der Waals surface area contributed by atoms with Crippen LogP contribution in [-0.2, 0) is 9.53 Å². The summed E-state index contributed by atoms with van der Waals surface area (Å²) in [6.07, 6.45) is 10.8. The van der Waals surface area contributed by atoms with Crippen molar-refractivity contribution in [2.75, 3.05) is 6.61 Å². The van der Waals surface area contributed by atoms with Crippen LogP contribution in [0.25, 0.3) is 0 Å². The van der Waals surface area contributed by atoms with Crippen molar-refractivity contribution in [3.05, 3.63) is 6.92 Å². The van der Waals surface area contributed by atoms with Gasteiger partial charge in [-0.05, 0) is 12.8 Å². The Hall–Kier alpha value is -0.530. The molecule has 0 rings (SSSR count). The predicted octanol–water partition coefficient (Wildman–Crippen LogP) is 4.28. The van der Waals surface area contributed by atoms with Gasteiger partial charge in [-0.15, -0.1) is 0 Å². The predicted molar refractivity (Wildman–Crippen MR) is 68.2 cm³/mol. The van der Waals surface area contributed by atoms with E-state index < -0.39 is 0 Å². The third-order valence-corrected chi connectivity index (χ3v) is 2.64. The summed E-state index contributed by atoms with van der Waals surface area (Å²) in [6, 6.07) is 0. The fourth-order valence-electron chi connectivity index (χ4n) is 1.59. The molecule has 2 nitrogen and oxygen atoms in total. The number of carbonyl (C=O) groups is 1. The van der Waals surface area contributed by atoms with Crippen molar-refractivity contribution in [2.45, 2.75) is 71.1 Å². The van der Waals surface area contributed by atoms with Gasteiger partial charge >= 0.3 is 5.97 Å².